The Labute approximate surface area is 164 Å². The van der Waals surface area contributed by atoms with Crippen LogP contribution in [0.4, 0.5) is 0 Å². The van der Waals surface area contributed by atoms with Crippen molar-refractivity contribution < 1.29 is 4.79 Å². The van der Waals surface area contributed by atoms with E-state index in [2.05, 4.69) is 23.6 Å². The van der Waals surface area contributed by atoms with Gasteiger partial charge >= 0.3 is 0 Å². The van der Waals surface area contributed by atoms with Crippen LogP contribution in [0.2, 0.25) is 0 Å². The van der Waals surface area contributed by atoms with Gasteiger partial charge in [0.15, 0.2) is 5.96 Å². The number of rotatable bonds is 8. The van der Waals surface area contributed by atoms with E-state index in [1.165, 1.54) is 38.5 Å². The second-order valence-electron chi connectivity index (χ2n) is 7.63. The molecule has 0 unspecified atom stereocenters. The molecule has 1 saturated carbocycles. The molecule has 150 valence electrons. The number of hydrogen-bond donors (Lipinski definition) is 2. The molecule has 0 atom stereocenters. The first kappa shape index (κ1) is 21.3. The lowest BCUT2D eigenvalue weighted by atomic mass is 9.87. The Hall–Kier alpha value is -2.04. The number of aliphatic imine (C=N–C) groups is 1. The summed E-state index contributed by atoms with van der Waals surface area (Å²) >= 11 is 0. The monoisotopic (exact) mass is 372 g/mol. The fourth-order valence-electron chi connectivity index (χ4n) is 3.62. The Balaban J connectivity index is 1.80. The maximum atomic E-state index is 12.1. The molecule has 0 radical (unpaired) electrons. The number of carbonyl (C=O) groups is 1. The van der Waals surface area contributed by atoms with E-state index >= 15 is 0 Å². The molecule has 5 nitrogen and oxygen atoms in total. The molecule has 1 amide bonds. The average Bonchev–Trinajstić information content (AvgIpc) is 2.68. The zero-order chi connectivity index (χ0) is 19.5. The lowest BCUT2D eigenvalue weighted by Gasteiger charge is -2.20. The molecule has 1 fully saturated rings. The van der Waals surface area contributed by atoms with Crippen molar-refractivity contribution in [1.82, 2.24) is 15.5 Å². The molecule has 1 aromatic carbocycles. The third-order valence-corrected chi connectivity index (χ3v) is 5.16. The zero-order valence-corrected chi connectivity index (χ0v) is 17.3. The zero-order valence-electron chi connectivity index (χ0n) is 17.3. The van der Waals surface area contributed by atoms with Crippen LogP contribution in [-0.2, 0) is 6.42 Å². The van der Waals surface area contributed by atoms with Gasteiger partial charge in [-0.2, -0.15) is 0 Å². The highest BCUT2D eigenvalue weighted by Crippen LogP contribution is 2.26. The average molecular weight is 373 g/mol. The van der Waals surface area contributed by atoms with E-state index in [-0.39, 0.29) is 5.91 Å². The summed E-state index contributed by atoms with van der Waals surface area (Å²) in [7, 11) is 3.56. The summed E-state index contributed by atoms with van der Waals surface area (Å²) in [6.07, 6.45) is 9.01. The van der Waals surface area contributed by atoms with Gasteiger partial charge < -0.3 is 15.5 Å². The molecule has 1 aliphatic carbocycles. The summed E-state index contributed by atoms with van der Waals surface area (Å²) in [5.74, 6) is 1.80. The van der Waals surface area contributed by atoms with Crippen molar-refractivity contribution in [3.8, 4) is 0 Å². The summed E-state index contributed by atoms with van der Waals surface area (Å²) < 4.78 is 0. The number of nitrogens with one attached hydrogen (secondary N) is 2. The van der Waals surface area contributed by atoms with Crippen LogP contribution < -0.4 is 10.6 Å². The number of amides is 1. The van der Waals surface area contributed by atoms with Crippen LogP contribution in [0.1, 0.15) is 61.4 Å². The first-order chi connectivity index (χ1) is 13.1. The minimum absolute atomic E-state index is 0.0439. The molecule has 1 aromatic rings. The molecule has 2 rings (SSSR count). The maximum Gasteiger partial charge on any atom is 0.253 e. The Morgan fingerprint density at radius 1 is 1.19 bits per heavy atom. The Morgan fingerprint density at radius 3 is 2.67 bits per heavy atom. The predicted molar refractivity (Wildman–Crippen MR) is 113 cm³/mol. The first-order valence-corrected chi connectivity index (χ1v) is 10.4. The lowest BCUT2D eigenvalue weighted by Crippen LogP contribution is -2.38. The van der Waals surface area contributed by atoms with Gasteiger partial charge in [-0.25, -0.2) is 0 Å². The molecule has 5 heteroatoms. The first-order valence-electron chi connectivity index (χ1n) is 10.4. The Kier molecular flexibility index (Phi) is 9.16. The van der Waals surface area contributed by atoms with Crippen LogP contribution in [0.15, 0.2) is 29.3 Å². The van der Waals surface area contributed by atoms with Crippen molar-refractivity contribution in [1.29, 1.82) is 0 Å². The second kappa shape index (κ2) is 11.6. The van der Waals surface area contributed by atoms with Gasteiger partial charge in [0.2, 0.25) is 0 Å². The van der Waals surface area contributed by atoms with Crippen molar-refractivity contribution in [2.24, 2.45) is 10.9 Å². The number of carbonyl (C=O) groups excluding carboxylic acids is 1. The van der Waals surface area contributed by atoms with Crippen LogP contribution in [0.5, 0.6) is 0 Å². The van der Waals surface area contributed by atoms with Crippen molar-refractivity contribution in [3.63, 3.8) is 0 Å². The van der Waals surface area contributed by atoms with E-state index in [0.717, 1.165) is 49.1 Å². The minimum atomic E-state index is 0.0439. The Bertz CT molecular complexity index is 606. The summed E-state index contributed by atoms with van der Waals surface area (Å²) in [5, 5.41) is 6.75. The van der Waals surface area contributed by atoms with E-state index in [4.69, 9.17) is 4.99 Å². The van der Waals surface area contributed by atoms with Gasteiger partial charge in [0, 0.05) is 39.3 Å². The van der Waals surface area contributed by atoms with Crippen molar-refractivity contribution >= 4 is 11.9 Å². The molecular formula is C22H36N4O. The molecular weight excluding hydrogens is 336 g/mol. The number of guanidine groups is 1. The topological polar surface area (TPSA) is 56.7 Å². The Morgan fingerprint density at radius 2 is 1.96 bits per heavy atom. The molecule has 2 N–H and O–H groups in total. The fourth-order valence-corrected chi connectivity index (χ4v) is 3.62. The minimum Gasteiger partial charge on any atom is -0.357 e. The van der Waals surface area contributed by atoms with Gasteiger partial charge in [0.05, 0.1) is 0 Å². The summed E-state index contributed by atoms with van der Waals surface area (Å²) in [6.45, 7) is 4.65. The van der Waals surface area contributed by atoms with Crippen molar-refractivity contribution in [3.05, 3.63) is 35.4 Å². The largest absolute Gasteiger partial charge is 0.357 e. The molecule has 0 heterocycles. The van der Waals surface area contributed by atoms with Gasteiger partial charge in [-0.1, -0.05) is 44.2 Å². The SMILES string of the molecule is CCNC(=NCCC1CCCCC1)NCCc1cccc(C(=O)N(C)C)c1. The normalized spacial score (nSPS) is 15.4. The smallest absolute Gasteiger partial charge is 0.253 e. The molecule has 1 aliphatic rings. The molecule has 0 saturated heterocycles. The van der Waals surface area contributed by atoms with E-state index in [0.29, 0.717) is 0 Å². The van der Waals surface area contributed by atoms with Crippen LogP contribution in [-0.4, -0.2) is 50.5 Å². The predicted octanol–water partition coefficient (Wildman–Crippen LogP) is 3.46. The van der Waals surface area contributed by atoms with Crippen LogP contribution in [0, 0.1) is 5.92 Å². The highest BCUT2D eigenvalue weighted by atomic mass is 16.2. The summed E-state index contributed by atoms with van der Waals surface area (Å²) in [6, 6.07) is 7.88. The molecule has 0 bridgehead atoms. The third-order valence-electron chi connectivity index (χ3n) is 5.16. The van der Waals surface area contributed by atoms with Crippen LogP contribution in [0.25, 0.3) is 0 Å². The molecule has 0 aromatic heterocycles. The van der Waals surface area contributed by atoms with Gasteiger partial charge in [0.25, 0.3) is 5.91 Å². The molecule has 27 heavy (non-hydrogen) atoms. The number of nitrogens with zero attached hydrogens (tertiary/aromatic N) is 2. The fraction of sp³-hybridized carbons (Fsp3) is 0.636. The summed E-state index contributed by atoms with van der Waals surface area (Å²) in [5.41, 5.74) is 1.90. The third kappa shape index (κ3) is 7.61. The molecule has 0 aliphatic heterocycles. The van der Waals surface area contributed by atoms with E-state index in [9.17, 15) is 4.79 Å². The van der Waals surface area contributed by atoms with Gasteiger partial charge in [0.1, 0.15) is 0 Å². The van der Waals surface area contributed by atoms with Gasteiger partial charge in [-0.15, -0.1) is 0 Å². The molecule has 0 spiro atoms. The highest BCUT2D eigenvalue weighted by molar-refractivity contribution is 5.94. The van der Waals surface area contributed by atoms with Crippen LogP contribution in [0.3, 0.4) is 0 Å². The van der Waals surface area contributed by atoms with Crippen molar-refractivity contribution in [2.45, 2.75) is 51.9 Å². The van der Waals surface area contributed by atoms with Crippen molar-refractivity contribution in [2.75, 3.05) is 33.7 Å². The van der Waals surface area contributed by atoms with Gasteiger partial charge in [-0.05, 0) is 43.4 Å². The van der Waals surface area contributed by atoms with E-state index in [1.807, 2.05) is 18.2 Å². The summed E-state index contributed by atoms with van der Waals surface area (Å²) in [4.78, 5) is 18.4. The highest BCUT2D eigenvalue weighted by Gasteiger charge is 2.12. The quantitative estimate of drug-likeness (QED) is 0.543. The van der Waals surface area contributed by atoms with Crippen LogP contribution >= 0.6 is 0 Å². The van der Waals surface area contributed by atoms with E-state index in [1.54, 1.807) is 19.0 Å². The van der Waals surface area contributed by atoms with E-state index < -0.39 is 0 Å². The number of hydrogen-bond acceptors (Lipinski definition) is 2. The standard InChI is InChI=1S/C22H36N4O/c1-4-23-22(24-15-13-18-9-6-5-7-10-18)25-16-14-19-11-8-12-20(17-19)21(27)26(2)3/h8,11-12,17-18H,4-7,9-10,13-16H2,1-3H3,(H2,23,24,25). The lowest BCUT2D eigenvalue weighted by molar-refractivity contribution is 0.0827. The maximum absolute atomic E-state index is 12.1. The second-order valence-corrected chi connectivity index (χ2v) is 7.63. The number of benzene rings is 1. The van der Waals surface area contributed by atoms with Gasteiger partial charge in [-0.3, -0.25) is 9.79 Å².